The molecule has 1 aromatic heterocycles. The molecule has 1 unspecified atom stereocenters. The first kappa shape index (κ1) is 13.7. The summed E-state index contributed by atoms with van der Waals surface area (Å²) in [4.78, 5) is 8.37. The van der Waals surface area contributed by atoms with E-state index in [0.717, 1.165) is 18.7 Å². The molecule has 0 radical (unpaired) electrons. The third-order valence-corrected chi connectivity index (χ3v) is 3.47. The molecule has 1 atom stereocenters. The molecule has 1 N–H and O–H groups in total. The Morgan fingerprint density at radius 1 is 1.16 bits per heavy atom. The lowest BCUT2D eigenvalue weighted by Crippen LogP contribution is -2.24. The molecule has 2 aromatic rings. The molecule has 0 bridgehead atoms. The van der Waals surface area contributed by atoms with Crippen molar-refractivity contribution in [2.75, 3.05) is 6.54 Å². The topological polar surface area (TPSA) is 37.8 Å². The number of hydrogen-bond acceptors (Lipinski definition) is 3. The van der Waals surface area contributed by atoms with Crippen molar-refractivity contribution < 1.29 is 0 Å². The van der Waals surface area contributed by atoms with E-state index in [1.807, 2.05) is 6.07 Å². The molecule has 0 spiro atoms. The maximum absolute atomic E-state index is 4.38. The van der Waals surface area contributed by atoms with Crippen molar-refractivity contribution in [3.05, 3.63) is 59.2 Å². The first-order chi connectivity index (χ1) is 9.22. The Morgan fingerprint density at radius 2 is 1.89 bits per heavy atom. The van der Waals surface area contributed by atoms with Gasteiger partial charge in [0.15, 0.2) is 0 Å². The van der Waals surface area contributed by atoms with Crippen molar-refractivity contribution in [2.24, 2.45) is 0 Å². The van der Waals surface area contributed by atoms with E-state index in [9.17, 15) is 0 Å². The lowest BCUT2D eigenvalue weighted by molar-refractivity contribution is 0.533. The Bertz CT molecular complexity index is 503. The van der Waals surface area contributed by atoms with E-state index in [1.165, 1.54) is 16.7 Å². The highest BCUT2D eigenvalue weighted by atomic mass is 14.9. The van der Waals surface area contributed by atoms with Crippen LogP contribution in [0.15, 0.2) is 36.8 Å². The highest BCUT2D eigenvalue weighted by Gasteiger charge is 2.14. The minimum atomic E-state index is 0.243. The van der Waals surface area contributed by atoms with Crippen molar-refractivity contribution in [2.45, 2.75) is 33.2 Å². The summed E-state index contributed by atoms with van der Waals surface area (Å²) in [6.07, 6.45) is 4.38. The molecule has 1 aromatic carbocycles. The second kappa shape index (κ2) is 6.43. The van der Waals surface area contributed by atoms with Crippen LogP contribution in [0, 0.1) is 13.8 Å². The van der Waals surface area contributed by atoms with Crippen LogP contribution in [0.25, 0.3) is 0 Å². The molecule has 3 nitrogen and oxygen atoms in total. The molecule has 19 heavy (non-hydrogen) atoms. The van der Waals surface area contributed by atoms with E-state index in [4.69, 9.17) is 0 Å². The summed E-state index contributed by atoms with van der Waals surface area (Å²) in [6.45, 7) is 7.40. The van der Waals surface area contributed by atoms with Crippen LogP contribution in [-0.2, 0) is 6.42 Å². The molecule has 0 amide bonds. The first-order valence-electron chi connectivity index (χ1n) is 6.76. The Labute approximate surface area is 115 Å². The molecular weight excluding hydrogens is 234 g/mol. The van der Waals surface area contributed by atoms with Gasteiger partial charge in [-0.2, -0.15) is 0 Å². The quantitative estimate of drug-likeness (QED) is 0.892. The second-order valence-electron chi connectivity index (χ2n) is 4.82. The van der Waals surface area contributed by atoms with Crippen LogP contribution in [0.5, 0.6) is 0 Å². The molecule has 3 heteroatoms. The molecular formula is C16H21N3. The lowest BCUT2D eigenvalue weighted by atomic mass is 9.95. The SMILES string of the molecule is CCNC(Cc1c(C)cccc1C)c1ccncn1. The summed E-state index contributed by atoms with van der Waals surface area (Å²) in [5.74, 6) is 0. The molecule has 2 rings (SSSR count). The van der Waals surface area contributed by atoms with Gasteiger partial charge in [0.2, 0.25) is 0 Å². The van der Waals surface area contributed by atoms with E-state index in [1.54, 1.807) is 12.5 Å². The lowest BCUT2D eigenvalue weighted by Gasteiger charge is -2.19. The van der Waals surface area contributed by atoms with Crippen molar-refractivity contribution in [1.82, 2.24) is 15.3 Å². The van der Waals surface area contributed by atoms with Gasteiger partial charge >= 0.3 is 0 Å². The predicted molar refractivity (Wildman–Crippen MR) is 78.1 cm³/mol. The van der Waals surface area contributed by atoms with Crippen molar-refractivity contribution in [1.29, 1.82) is 0 Å². The highest BCUT2D eigenvalue weighted by Crippen LogP contribution is 2.21. The van der Waals surface area contributed by atoms with Gasteiger partial charge in [-0.15, -0.1) is 0 Å². The molecule has 0 saturated carbocycles. The van der Waals surface area contributed by atoms with Gasteiger partial charge in [-0.1, -0.05) is 25.1 Å². The largest absolute Gasteiger partial charge is 0.309 e. The minimum absolute atomic E-state index is 0.243. The van der Waals surface area contributed by atoms with Gasteiger partial charge in [-0.25, -0.2) is 9.97 Å². The van der Waals surface area contributed by atoms with Gasteiger partial charge in [0, 0.05) is 6.20 Å². The number of rotatable bonds is 5. The molecule has 1 heterocycles. The van der Waals surface area contributed by atoms with Crippen molar-refractivity contribution >= 4 is 0 Å². The van der Waals surface area contributed by atoms with Gasteiger partial charge in [0.1, 0.15) is 6.33 Å². The van der Waals surface area contributed by atoms with Crippen molar-refractivity contribution in [3.63, 3.8) is 0 Å². The van der Waals surface area contributed by atoms with Crippen LogP contribution >= 0.6 is 0 Å². The zero-order chi connectivity index (χ0) is 13.7. The summed E-state index contributed by atoms with van der Waals surface area (Å²) < 4.78 is 0. The molecule has 0 saturated heterocycles. The van der Waals surface area contributed by atoms with Crippen LogP contribution in [0.4, 0.5) is 0 Å². The summed E-state index contributed by atoms with van der Waals surface area (Å²) >= 11 is 0. The van der Waals surface area contributed by atoms with E-state index < -0.39 is 0 Å². The molecule has 0 fully saturated rings. The van der Waals surface area contributed by atoms with Crippen LogP contribution in [-0.4, -0.2) is 16.5 Å². The van der Waals surface area contributed by atoms with Gasteiger partial charge in [-0.05, 0) is 49.6 Å². The number of nitrogens with zero attached hydrogens (tertiary/aromatic N) is 2. The Balaban J connectivity index is 2.27. The van der Waals surface area contributed by atoms with Gasteiger partial charge in [-0.3, -0.25) is 0 Å². The van der Waals surface area contributed by atoms with Crippen LogP contribution in [0.1, 0.15) is 35.3 Å². The third kappa shape index (κ3) is 3.38. The number of likely N-dealkylation sites (N-methyl/N-ethyl adjacent to an activating group) is 1. The number of aryl methyl sites for hydroxylation is 2. The van der Waals surface area contributed by atoms with Crippen molar-refractivity contribution in [3.8, 4) is 0 Å². The maximum Gasteiger partial charge on any atom is 0.115 e. The molecule has 0 aliphatic carbocycles. The number of hydrogen-bond donors (Lipinski definition) is 1. The summed E-state index contributed by atoms with van der Waals surface area (Å²) in [5, 5.41) is 3.51. The number of aromatic nitrogens is 2. The average molecular weight is 255 g/mol. The van der Waals surface area contributed by atoms with E-state index in [0.29, 0.717) is 0 Å². The Morgan fingerprint density at radius 3 is 2.47 bits per heavy atom. The standard InChI is InChI=1S/C16H21N3/c1-4-18-16(15-8-9-17-11-19-15)10-14-12(2)6-5-7-13(14)3/h5-9,11,16,18H,4,10H2,1-3H3. The summed E-state index contributed by atoms with van der Waals surface area (Å²) in [7, 11) is 0. The number of benzene rings is 1. The highest BCUT2D eigenvalue weighted by molar-refractivity contribution is 5.34. The maximum atomic E-state index is 4.38. The van der Waals surface area contributed by atoms with Crippen LogP contribution in [0.3, 0.4) is 0 Å². The predicted octanol–water partition coefficient (Wildman–Crippen LogP) is 2.99. The van der Waals surface area contributed by atoms with Crippen LogP contribution in [0.2, 0.25) is 0 Å². The summed E-state index contributed by atoms with van der Waals surface area (Å²) in [6, 6.07) is 8.69. The van der Waals surface area contributed by atoms with E-state index in [-0.39, 0.29) is 6.04 Å². The fraction of sp³-hybridized carbons (Fsp3) is 0.375. The molecule has 100 valence electrons. The molecule has 0 aliphatic rings. The monoisotopic (exact) mass is 255 g/mol. The average Bonchev–Trinajstić information content (AvgIpc) is 2.43. The van der Waals surface area contributed by atoms with Gasteiger partial charge < -0.3 is 5.32 Å². The number of nitrogens with one attached hydrogen (secondary N) is 1. The normalized spacial score (nSPS) is 12.4. The zero-order valence-corrected chi connectivity index (χ0v) is 11.9. The van der Waals surface area contributed by atoms with Gasteiger partial charge in [0.05, 0.1) is 11.7 Å². The zero-order valence-electron chi connectivity index (χ0n) is 11.9. The molecule has 0 aliphatic heterocycles. The second-order valence-corrected chi connectivity index (χ2v) is 4.82. The van der Waals surface area contributed by atoms with E-state index in [2.05, 4.69) is 54.3 Å². The first-order valence-corrected chi connectivity index (χ1v) is 6.76. The fourth-order valence-electron chi connectivity index (χ4n) is 2.41. The van der Waals surface area contributed by atoms with Crippen LogP contribution < -0.4 is 5.32 Å². The smallest absolute Gasteiger partial charge is 0.115 e. The fourth-order valence-corrected chi connectivity index (χ4v) is 2.41. The third-order valence-electron chi connectivity index (χ3n) is 3.47. The van der Waals surface area contributed by atoms with E-state index >= 15 is 0 Å². The Kier molecular flexibility index (Phi) is 4.63. The minimum Gasteiger partial charge on any atom is -0.309 e. The Hall–Kier alpha value is -1.74. The van der Waals surface area contributed by atoms with Gasteiger partial charge in [0.25, 0.3) is 0 Å². The summed E-state index contributed by atoms with van der Waals surface area (Å²) in [5.41, 5.74) is 5.15.